The van der Waals surface area contributed by atoms with Gasteiger partial charge in [0.2, 0.25) is 0 Å². The third-order valence-electron chi connectivity index (χ3n) is 3.21. The SMILES string of the molecule is O=C(NCC[C@@H]1CCCOC1)Nc1cc(F)cc(F)c1. The smallest absolute Gasteiger partial charge is 0.319 e. The van der Waals surface area contributed by atoms with E-state index in [4.69, 9.17) is 4.74 Å². The van der Waals surface area contributed by atoms with Crippen LogP contribution in [0.2, 0.25) is 0 Å². The minimum absolute atomic E-state index is 0.0981. The first-order valence-electron chi connectivity index (χ1n) is 6.72. The van der Waals surface area contributed by atoms with Crippen molar-refractivity contribution in [1.29, 1.82) is 0 Å². The van der Waals surface area contributed by atoms with E-state index in [0.717, 1.165) is 50.7 Å². The molecule has 1 aromatic rings. The van der Waals surface area contributed by atoms with E-state index >= 15 is 0 Å². The fraction of sp³-hybridized carbons (Fsp3) is 0.500. The lowest BCUT2D eigenvalue weighted by Crippen LogP contribution is -2.31. The Kier molecular flexibility index (Phi) is 5.29. The predicted octanol–water partition coefficient (Wildman–Crippen LogP) is 2.90. The van der Waals surface area contributed by atoms with Crippen molar-refractivity contribution in [2.45, 2.75) is 19.3 Å². The van der Waals surface area contributed by atoms with Crippen LogP contribution in [0.1, 0.15) is 19.3 Å². The Labute approximate surface area is 116 Å². The average molecular weight is 284 g/mol. The number of benzene rings is 1. The van der Waals surface area contributed by atoms with Crippen molar-refractivity contribution in [1.82, 2.24) is 5.32 Å². The van der Waals surface area contributed by atoms with E-state index in [9.17, 15) is 13.6 Å². The summed E-state index contributed by atoms with van der Waals surface area (Å²) in [6, 6.07) is 2.42. The molecule has 0 aliphatic carbocycles. The molecule has 1 heterocycles. The molecule has 2 N–H and O–H groups in total. The van der Waals surface area contributed by atoms with Gasteiger partial charge in [0.25, 0.3) is 0 Å². The van der Waals surface area contributed by atoms with Gasteiger partial charge in [0.1, 0.15) is 11.6 Å². The molecule has 0 radical (unpaired) electrons. The van der Waals surface area contributed by atoms with Crippen LogP contribution < -0.4 is 10.6 Å². The molecule has 1 aliphatic rings. The van der Waals surface area contributed by atoms with Crippen molar-refractivity contribution in [2.75, 3.05) is 25.1 Å². The summed E-state index contributed by atoms with van der Waals surface area (Å²) in [5.41, 5.74) is 0.0981. The van der Waals surface area contributed by atoms with E-state index in [1.54, 1.807) is 0 Å². The number of ether oxygens (including phenoxy) is 1. The Morgan fingerprint density at radius 2 is 2.05 bits per heavy atom. The van der Waals surface area contributed by atoms with Crippen molar-refractivity contribution >= 4 is 11.7 Å². The van der Waals surface area contributed by atoms with Gasteiger partial charge in [0.15, 0.2) is 0 Å². The number of carbonyl (C=O) groups is 1. The van der Waals surface area contributed by atoms with Gasteiger partial charge in [0.05, 0.1) is 0 Å². The number of carbonyl (C=O) groups excluding carboxylic acids is 1. The molecule has 20 heavy (non-hydrogen) atoms. The van der Waals surface area contributed by atoms with Crippen LogP contribution in [0.3, 0.4) is 0 Å². The van der Waals surface area contributed by atoms with Crippen molar-refractivity contribution in [3.63, 3.8) is 0 Å². The van der Waals surface area contributed by atoms with Gasteiger partial charge >= 0.3 is 6.03 Å². The van der Waals surface area contributed by atoms with Crippen LogP contribution >= 0.6 is 0 Å². The third-order valence-corrected chi connectivity index (χ3v) is 3.21. The number of hydrogen-bond acceptors (Lipinski definition) is 2. The second-order valence-electron chi connectivity index (χ2n) is 4.91. The number of urea groups is 1. The lowest BCUT2D eigenvalue weighted by Gasteiger charge is -2.21. The molecule has 2 rings (SSSR count). The van der Waals surface area contributed by atoms with Gasteiger partial charge in [-0.1, -0.05) is 0 Å². The highest BCUT2D eigenvalue weighted by molar-refractivity contribution is 5.89. The molecule has 110 valence electrons. The van der Waals surface area contributed by atoms with E-state index < -0.39 is 17.7 Å². The molecule has 0 bridgehead atoms. The summed E-state index contributed by atoms with van der Waals surface area (Å²) in [7, 11) is 0. The maximum atomic E-state index is 12.9. The normalized spacial score (nSPS) is 18.6. The predicted molar refractivity (Wildman–Crippen MR) is 71.5 cm³/mol. The van der Waals surface area contributed by atoms with Gasteiger partial charge in [-0.15, -0.1) is 0 Å². The Morgan fingerprint density at radius 1 is 1.30 bits per heavy atom. The lowest BCUT2D eigenvalue weighted by molar-refractivity contribution is 0.0520. The van der Waals surface area contributed by atoms with Crippen molar-refractivity contribution in [3.05, 3.63) is 29.8 Å². The van der Waals surface area contributed by atoms with Crippen LogP contribution in [0, 0.1) is 17.6 Å². The zero-order valence-corrected chi connectivity index (χ0v) is 11.1. The van der Waals surface area contributed by atoms with Crippen LogP contribution in [0.4, 0.5) is 19.3 Å². The summed E-state index contributed by atoms with van der Waals surface area (Å²) in [5.74, 6) is -0.977. The fourth-order valence-corrected chi connectivity index (χ4v) is 2.23. The van der Waals surface area contributed by atoms with Gasteiger partial charge in [-0.25, -0.2) is 13.6 Å². The summed E-state index contributed by atoms with van der Waals surface area (Å²) >= 11 is 0. The highest BCUT2D eigenvalue weighted by Gasteiger charge is 2.13. The quantitative estimate of drug-likeness (QED) is 0.893. The van der Waals surface area contributed by atoms with E-state index in [1.807, 2.05) is 0 Å². The van der Waals surface area contributed by atoms with Crippen molar-refractivity contribution in [3.8, 4) is 0 Å². The van der Waals surface area contributed by atoms with Crippen LogP contribution in [-0.2, 0) is 4.74 Å². The first-order chi connectivity index (χ1) is 9.63. The van der Waals surface area contributed by atoms with Gasteiger partial charge < -0.3 is 15.4 Å². The number of nitrogens with one attached hydrogen (secondary N) is 2. The zero-order chi connectivity index (χ0) is 14.4. The second-order valence-corrected chi connectivity index (χ2v) is 4.91. The molecule has 0 spiro atoms. The lowest BCUT2D eigenvalue weighted by atomic mass is 9.99. The largest absolute Gasteiger partial charge is 0.381 e. The summed E-state index contributed by atoms with van der Waals surface area (Å²) < 4.78 is 31.2. The van der Waals surface area contributed by atoms with Crippen molar-refractivity contribution in [2.24, 2.45) is 5.92 Å². The van der Waals surface area contributed by atoms with Crippen LogP contribution in [0.25, 0.3) is 0 Å². The van der Waals surface area contributed by atoms with Crippen LogP contribution in [0.5, 0.6) is 0 Å². The summed E-state index contributed by atoms with van der Waals surface area (Å²) in [6.07, 6.45) is 3.00. The molecule has 1 atom stereocenters. The monoisotopic (exact) mass is 284 g/mol. The van der Waals surface area contributed by atoms with Gasteiger partial charge in [-0.2, -0.15) is 0 Å². The topological polar surface area (TPSA) is 50.4 Å². The molecule has 0 saturated carbocycles. The second kappa shape index (κ2) is 7.19. The number of hydrogen-bond donors (Lipinski definition) is 2. The molecule has 1 aromatic carbocycles. The summed E-state index contributed by atoms with van der Waals surface area (Å²) in [4.78, 5) is 11.6. The minimum Gasteiger partial charge on any atom is -0.381 e. The maximum Gasteiger partial charge on any atom is 0.319 e. The van der Waals surface area contributed by atoms with E-state index in [-0.39, 0.29) is 5.69 Å². The molecular weight excluding hydrogens is 266 g/mol. The molecule has 4 nitrogen and oxygen atoms in total. The Bertz CT molecular complexity index is 442. The fourth-order valence-electron chi connectivity index (χ4n) is 2.23. The van der Waals surface area contributed by atoms with Gasteiger partial charge in [0, 0.05) is 31.5 Å². The van der Waals surface area contributed by atoms with Crippen LogP contribution in [-0.4, -0.2) is 25.8 Å². The average Bonchev–Trinajstić information content (AvgIpc) is 2.38. The standard InChI is InChI=1S/C14H18F2N2O2/c15-11-6-12(16)8-13(7-11)18-14(19)17-4-3-10-2-1-5-20-9-10/h6-8,10H,1-5,9H2,(H2,17,18,19)/t10-/m0/s1. The number of rotatable bonds is 4. The van der Waals surface area contributed by atoms with E-state index in [2.05, 4.69) is 10.6 Å². The Balaban J connectivity index is 1.72. The molecule has 1 fully saturated rings. The highest BCUT2D eigenvalue weighted by atomic mass is 19.1. The zero-order valence-electron chi connectivity index (χ0n) is 11.1. The third kappa shape index (κ3) is 4.77. The van der Waals surface area contributed by atoms with E-state index in [1.165, 1.54) is 0 Å². The molecule has 1 saturated heterocycles. The summed E-state index contributed by atoms with van der Waals surface area (Å²) in [5, 5.41) is 5.07. The Morgan fingerprint density at radius 3 is 2.70 bits per heavy atom. The highest BCUT2D eigenvalue weighted by Crippen LogP contribution is 2.16. The van der Waals surface area contributed by atoms with Crippen LogP contribution in [0.15, 0.2) is 18.2 Å². The molecule has 1 aliphatic heterocycles. The number of halogens is 2. The first kappa shape index (κ1) is 14.7. The summed E-state index contributed by atoms with van der Waals surface area (Å²) in [6.45, 7) is 2.06. The Hall–Kier alpha value is -1.69. The van der Waals surface area contributed by atoms with Gasteiger partial charge in [-0.3, -0.25) is 0 Å². The molecule has 2 amide bonds. The van der Waals surface area contributed by atoms with E-state index in [0.29, 0.717) is 12.5 Å². The molecule has 6 heteroatoms. The molecule has 0 unspecified atom stereocenters. The van der Waals surface area contributed by atoms with Gasteiger partial charge in [-0.05, 0) is 37.3 Å². The number of anilines is 1. The molecular formula is C14H18F2N2O2. The number of amides is 2. The maximum absolute atomic E-state index is 12.9. The first-order valence-corrected chi connectivity index (χ1v) is 6.72. The van der Waals surface area contributed by atoms with Crippen molar-refractivity contribution < 1.29 is 18.3 Å². The molecule has 0 aromatic heterocycles. The minimum atomic E-state index is -0.723.